The van der Waals surface area contributed by atoms with Crippen LogP contribution in [0.5, 0.6) is 0 Å². The molecule has 1 aromatic carbocycles. The monoisotopic (exact) mass is 252 g/mol. The third kappa shape index (κ3) is 3.27. The number of nitrogens with one attached hydrogen (secondary N) is 2. The minimum atomic E-state index is -0.273. The van der Waals surface area contributed by atoms with Crippen LogP contribution in [-0.4, -0.2) is 31.7 Å². The number of methoxy groups -OCH3 is 1. The largest absolute Gasteiger partial charge is 0.380 e. The van der Waals surface area contributed by atoms with E-state index in [-0.39, 0.29) is 23.9 Å². The van der Waals surface area contributed by atoms with Crippen LogP contribution in [0.1, 0.15) is 12.0 Å². The van der Waals surface area contributed by atoms with Crippen molar-refractivity contribution >= 4 is 5.91 Å². The Morgan fingerprint density at radius 2 is 2.22 bits per heavy atom. The summed E-state index contributed by atoms with van der Waals surface area (Å²) >= 11 is 0. The highest BCUT2D eigenvalue weighted by molar-refractivity contribution is 5.82. The first-order valence-corrected chi connectivity index (χ1v) is 5.97. The van der Waals surface area contributed by atoms with Gasteiger partial charge >= 0.3 is 0 Å². The van der Waals surface area contributed by atoms with Crippen molar-refractivity contribution in [3.8, 4) is 0 Å². The average molecular weight is 252 g/mol. The van der Waals surface area contributed by atoms with Crippen molar-refractivity contribution in [3.05, 3.63) is 35.6 Å². The van der Waals surface area contributed by atoms with Crippen LogP contribution >= 0.6 is 0 Å². The average Bonchev–Trinajstić information content (AvgIpc) is 2.86. The molecule has 0 radical (unpaired) electrons. The summed E-state index contributed by atoms with van der Waals surface area (Å²) in [6.45, 7) is 1.11. The standard InChI is InChI=1S/C13H17FN2O2/c1-18-11-6-12(15-8-11)13(17)16-7-9-2-4-10(14)5-3-9/h2-5,11-12,15H,6-8H2,1H3,(H,16,17). The molecule has 0 spiro atoms. The van der Waals surface area contributed by atoms with Gasteiger partial charge < -0.3 is 15.4 Å². The Morgan fingerprint density at radius 1 is 1.50 bits per heavy atom. The lowest BCUT2D eigenvalue weighted by molar-refractivity contribution is -0.123. The third-order valence-electron chi connectivity index (χ3n) is 3.12. The quantitative estimate of drug-likeness (QED) is 0.834. The summed E-state index contributed by atoms with van der Waals surface area (Å²) in [7, 11) is 1.64. The fraction of sp³-hybridized carbons (Fsp3) is 0.462. The lowest BCUT2D eigenvalue weighted by Crippen LogP contribution is -2.39. The first-order valence-electron chi connectivity index (χ1n) is 5.97. The number of amides is 1. The lowest BCUT2D eigenvalue weighted by Gasteiger charge is -2.11. The number of carbonyl (C=O) groups excluding carboxylic acids is 1. The van der Waals surface area contributed by atoms with E-state index < -0.39 is 0 Å². The second-order valence-electron chi connectivity index (χ2n) is 4.40. The van der Waals surface area contributed by atoms with Crippen LogP contribution in [0.3, 0.4) is 0 Å². The molecule has 5 heteroatoms. The van der Waals surface area contributed by atoms with Crippen molar-refractivity contribution in [2.45, 2.75) is 25.1 Å². The first kappa shape index (κ1) is 13.0. The lowest BCUT2D eigenvalue weighted by atomic mass is 10.1. The van der Waals surface area contributed by atoms with Gasteiger partial charge in [-0.2, -0.15) is 0 Å². The molecule has 4 nitrogen and oxygen atoms in total. The van der Waals surface area contributed by atoms with Crippen molar-refractivity contribution in [3.63, 3.8) is 0 Å². The Bertz CT molecular complexity index is 408. The van der Waals surface area contributed by atoms with Gasteiger partial charge in [0.1, 0.15) is 5.82 Å². The van der Waals surface area contributed by atoms with E-state index in [2.05, 4.69) is 10.6 Å². The Labute approximate surface area is 106 Å². The molecule has 0 bridgehead atoms. The second-order valence-corrected chi connectivity index (χ2v) is 4.40. The molecule has 2 N–H and O–H groups in total. The molecular weight excluding hydrogens is 235 g/mol. The van der Waals surface area contributed by atoms with E-state index in [9.17, 15) is 9.18 Å². The predicted octanol–water partition coefficient (Wildman–Crippen LogP) is 0.819. The maximum Gasteiger partial charge on any atom is 0.237 e. The van der Waals surface area contributed by atoms with Crippen LogP contribution in [-0.2, 0) is 16.1 Å². The van der Waals surface area contributed by atoms with Crippen molar-refractivity contribution in [2.75, 3.05) is 13.7 Å². The predicted molar refractivity (Wildman–Crippen MR) is 65.5 cm³/mol. The van der Waals surface area contributed by atoms with E-state index >= 15 is 0 Å². The van der Waals surface area contributed by atoms with Crippen LogP contribution in [0.2, 0.25) is 0 Å². The van der Waals surface area contributed by atoms with Gasteiger partial charge in [-0.05, 0) is 24.1 Å². The summed E-state index contributed by atoms with van der Waals surface area (Å²) < 4.78 is 17.9. The van der Waals surface area contributed by atoms with Gasteiger partial charge in [-0.1, -0.05) is 12.1 Å². The van der Waals surface area contributed by atoms with Crippen LogP contribution in [0.25, 0.3) is 0 Å². The fourth-order valence-corrected chi connectivity index (χ4v) is 2.00. The SMILES string of the molecule is COC1CNC(C(=O)NCc2ccc(F)cc2)C1. The molecule has 1 aromatic rings. The topological polar surface area (TPSA) is 50.4 Å². The van der Waals surface area contributed by atoms with Crippen LogP contribution in [0.4, 0.5) is 4.39 Å². The van der Waals surface area contributed by atoms with Gasteiger partial charge in [0.05, 0.1) is 12.1 Å². The molecule has 0 saturated carbocycles. The number of benzene rings is 1. The molecule has 1 saturated heterocycles. The number of halogens is 1. The minimum Gasteiger partial charge on any atom is -0.380 e. The Kier molecular flexibility index (Phi) is 4.28. The van der Waals surface area contributed by atoms with Crippen LogP contribution in [0.15, 0.2) is 24.3 Å². The van der Waals surface area contributed by atoms with E-state index in [0.717, 1.165) is 5.56 Å². The highest BCUT2D eigenvalue weighted by Crippen LogP contribution is 2.10. The van der Waals surface area contributed by atoms with E-state index in [0.29, 0.717) is 19.5 Å². The van der Waals surface area contributed by atoms with E-state index in [1.807, 2.05) is 0 Å². The zero-order chi connectivity index (χ0) is 13.0. The number of rotatable bonds is 4. The van der Waals surface area contributed by atoms with Crippen molar-refractivity contribution in [1.82, 2.24) is 10.6 Å². The highest BCUT2D eigenvalue weighted by atomic mass is 19.1. The molecule has 1 amide bonds. The van der Waals surface area contributed by atoms with Gasteiger partial charge in [0, 0.05) is 20.2 Å². The second kappa shape index (κ2) is 5.93. The first-order chi connectivity index (χ1) is 8.69. The van der Waals surface area contributed by atoms with Gasteiger partial charge in [-0.3, -0.25) is 4.79 Å². The zero-order valence-electron chi connectivity index (χ0n) is 10.3. The molecule has 1 aliphatic rings. The van der Waals surface area contributed by atoms with Crippen molar-refractivity contribution in [2.24, 2.45) is 0 Å². The van der Waals surface area contributed by atoms with Gasteiger partial charge in [0.15, 0.2) is 0 Å². The minimum absolute atomic E-state index is 0.0427. The Balaban J connectivity index is 1.80. The van der Waals surface area contributed by atoms with Crippen molar-refractivity contribution < 1.29 is 13.9 Å². The Hall–Kier alpha value is -1.46. The zero-order valence-corrected chi connectivity index (χ0v) is 10.3. The summed E-state index contributed by atoms with van der Waals surface area (Å²) in [4.78, 5) is 11.8. The van der Waals surface area contributed by atoms with Gasteiger partial charge in [0.25, 0.3) is 0 Å². The number of hydrogen-bond acceptors (Lipinski definition) is 3. The molecular formula is C13H17FN2O2. The summed E-state index contributed by atoms with van der Waals surface area (Å²) in [5.74, 6) is -0.315. The normalized spacial score (nSPS) is 23.0. The molecule has 2 unspecified atom stereocenters. The van der Waals surface area contributed by atoms with Gasteiger partial charge in [-0.25, -0.2) is 4.39 Å². The van der Waals surface area contributed by atoms with E-state index in [1.165, 1.54) is 12.1 Å². The molecule has 0 aromatic heterocycles. The molecule has 1 fully saturated rings. The molecule has 1 heterocycles. The van der Waals surface area contributed by atoms with Crippen LogP contribution in [0, 0.1) is 5.82 Å². The molecule has 98 valence electrons. The number of hydrogen-bond donors (Lipinski definition) is 2. The molecule has 18 heavy (non-hydrogen) atoms. The summed E-state index contributed by atoms with van der Waals surface area (Å²) in [6.07, 6.45) is 0.790. The summed E-state index contributed by atoms with van der Waals surface area (Å²) in [6, 6.07) is 5.90. The van der Waals surface area contributed by atoms with Crippen LogP contribution < -0.4 is 10.6 Å². The molecule has 2 atom stereocenters. The highest BCUT2D eigenvalue weighted by Gasteiger charge is 2.28. The number of ether oxygens (including phenoxy) is 1. The third-order valence-corrected chi connectivity index (χ3v) is 3.12. The van der Waals surface area contributed by atoms with Gasteiger partial charge in [0.2, 0.25) is 5.91 Å². The van der Waals surface area contributed by atoms with E-state index in [1.54, 1.807) is 19.2 Å². The maximum absolute atomic E-state index is 12.7. The van der Waals surface area contributed by atoms with Crippen molar-refractivity contribution in [1.29, 1.82) is 0 Å². The van der Waals surface area contributed by atoms with Gasteiger partial charge in [-0.15, -0.1) is 0 Å². The molecule has 0 aliphatic carbocycles. The number of carbonyl (C=O) groups is 1. The molecule has 1 aliphatic heterocycles. The fourth-order valence-electron chi connectivity index (χ4n) is 2.00. The van der Waals surface area contributed by atoms with E-state index in [4.69, 9.17) is 4.74 Å². The molecule has 2 rings (SSSR count). The Morgan fingerprint density at radius 3 is 2.83 bits per heavy atom. The maximum atomic E-state index is 12.7. The smallest absolute Gasteiger partial charge is 0.237 e. The summed E-state index contributed by atoms with van der Waals surface area (Å²) in [5, 5.41) is 5.93. The summed E-state index contributed by atoms with van der Waals surface area (Å²) in [5.41, 5.74) is 0.881.